The summed E-state index contributed by atoms with van der Waals surface area (Å²) in [5, 5.41) is 0. The summed E-state index contributed by atoms with van der Waals surface area (Å²) >= 11 is 0. The van der Waals surface area contributed by atoms with E-state index in [1.807, 2.05) is 0 Å². The summed E-state index contributed by atoms with van der Waals surface area (Å²) in [6.45, 7) is 17.7. The zero-order valence-corrected chi connectivity index (χ0v) is 20.6. The van der Waals surface area contributed by atoms with Gasteiger partial charge in [0.05, 0.1) is 19.2 Å². The summed E-state index contributed by atoms with van der Waals surface area (Å²) in [5.41, 5.74) is 6.50. The Balaban J connectivity index is 1.57. The van der Waals surface area contributed by atoms with Gasteiger partial charge in [-0.25, -0.2) is 0 Å². The molecule has 0 amide bonds. The number of nitrogens with zero attached hydrogens (tertiary/aromatic N) is 1. The molecule has 2 atom stereocenters. The molecule has 0 aliphatic carbocycles. The third-order valence-corrected chi connectivity index (χ3v) is 8.31. The second-order valence-corrected chi connectivity index (χ2v) is 10.2. The third kappa shape index (κ3) is 5.49. The standard InChI is InChI=1S/C28H48NO/c1-6-11-28(30-10-5)13-12-22(7-2)25-14-16-29(17-15-25)20-26-18-23(8-3)24(9-4)19-27(26)21-29/h18-19,22,25,28H,6-17,20-21H2,1-5H3/q+1. The predicted molar refractivity (Wildman–Crippen MR) is 129 cm³/mol. The highest BCUT2D eigenvalue weighted by molar-refractivity contribution is 5.39. The molecule has 1 spiro atoms. The van der Waals surface area contributed by atoms with Crippen LogP contribution in [0, 0.1) is 11.8 Å². The molecule has 2 heteroatoms. The molecule has 0 radical (unpaired) electrons. The van der Waals surface area contributed by atoms with Crippen LogP contribution in [0.5, 0.6) is 0 Å². The van der Waals surface area contributed by atoms with Crippen LogP contribution in [0.4, 0.5) is 0 Å². The van der Waals surface area contributed by atoms with Gasteiger partial charge < -0.3 is 9.22 Å². The number of hydrogen-bond donors (Lipinski definition) is 0. The first-order valence-electron chi connectivity index (χ1n) is 13.2. The zero-order valence-electron chi connectivity index (χ0n) is 20.6. The van der Waals surface area contributed by atoms with E-state index in [-0.39, 0.29) is 0 Å². The van der Waals surface area contributed by atoms with Crippen LogP contribution in [0.25, 0.3) is 0 Å². The summed E-state index contributed by atoms with van der Waals surface area (Å²) in [7, 11) is 0. The van der Waals surface area contributed by atoms with Crippen LogP contribution < -0.4 is 0 Å². The Kier molecular flexibility index (Phi) is 8.83. The van der Waals surface area contributed by atoms with Gasteiger partial charge >= 0.3 is 0 Å². The summed E-state index contributed by atoms with van der Waals surface area (Å²) in [6, 6.07) is 5.12. The largest absolute Gasteiger partial charge is 0.379 e. The molecule has 2 nitrogen and oxygen atoms in total. The van der Waals surface area contributed by atoms with Gasteiger partial charge in [-0.1, -0.05) is 40.5 Å². The fraction of sp³-hybridized carbons (Fsp3) is 0.786. The highest BCUT2D eigenvalue weighted by Crippen LogP contribution is 2.40. The topological polar surface area (TPSA) is 9.23 Å². The normalized spacial score (nSPS) is 20.4. The number of aryl methyl sites for hydroxylation is 2. The van der Waals surface area contributed by atoms with Gasteiger partial charge in [0.25, 0.3) is 0 Å². The molecule has 2 aliphatic heterocycles. The van der Waals surface area contributed by atoms with Gasteiger partial charge in [0, 0.05) is 17.7 Å². The van der Waals surface area contributed by atoms with E-state index >= 15 is 0 Å². The van der Waals surface area contributed by atoms with Crippen molar-refractivity contribution < 1.29 is 9.22 Å². The predicted octanol–water partition coefficient (Wildman–Crippen LogP) is 7.06. The molecule has 0 bridgehead atoms. The van der Waals surface area contributed by atoms with Gasteiger partial charge in [-0.05, 0) is 87.0 Å². The average molecular weight is 415 g/mol. The molecule has 2 unspecified atom stereocenters. The van der Waals surface area contributed by atoms with Gasteiger partial charge in [-0.3, -0.25) is 0 Å². The maximum Gasteiger partial charge on any atom is 0.105 e. The van der Waals surface area contributed by atoms with E-state index < -0.39 is 0 Å². The maximum atomic E-state index is 6.01. The smallest absolute Gasteiger partial charge is 0.105 e. The summed E-state index contributed by atoms with van der Waals surface area (Å²) in [6.07, 6.45) is 12.2. The Morgan fingerprint density at radius 2 is 1.47 bits per heavy atom. The second-order valence-electron chi connectivity index (χ2n) is 10.2. The fourth-order valence-electron chi connectivity index (χ4n) is 6.49. The summed E-state index contributed by atoms with van der Waals surface area (Å²) in [5.74, 6) is 1.83. The molecule has 0 saturated carbocycles. The second kappa shape index (κ2) is 11.1. The lowest BCUT2D eigenvalue weighted by Gasteiger charge is -2.42. The molecule has 1 aromatic carbocycles. The molecule has 1 aromatic rings. The van der Waals surface area contributed by atoms with Crippen molar-refractivity contribution in [2.75, 3.05) is 19.7 Å². The number of rotatable bonds is 11. The molecule has 1 saturated heterocycles. The highest BCUT2D eigenvalue weighted by Gasteiger charge is 2.41. The Morgan fingerprint density at radius 1 is 0.867 bits per heavy atom. The number of hydrogen-bond acceptors (Lipinski definition) is 1. The molecular weight excluding hydrogens is 366 g/mol. The Morgan fingerprint density at radius 3 is 1.93 bits per heavy atom. The van der Waals surface area contributed by atoms with Gasteiger partial charge in [0.15, 0.2) is 0 Å². The minimum absolute atomic E-state index is 0.490. The van der Waals surface area contributed by atoms with Crippen LogP contribution in [-0.4, -0.2) is 30.3 Å². The van der Waals surface area contributed by atoms with Crippen LogP contribution in [0.1, 0.15) is 102 Å². The fourth-order valence-corrected chi connectivity index (χ4v) is 6.49. The highest BCUT2D eigenvalue weighted by atomic mass is 16.5. The molecular formula is C28H48NO+. The van der Waals surface area contributed by atoms with E-state index in [2.05, 4.69) is 46.8 Å². The number of ether oxygens (including phenoxy) is 1. The van der Waals surface area contributed by atoms with Crippen LogP contribution in [0.3, 0.4) is 0 Å². The van der Waals surface area contributed by atoms with Crippen molar-refractivity contribution in [1.82, 2.24) is 0 Å². The van der Waals surface area contributed by atoms with Crippen molar-refractivity contribution in [3.05, 3.63) is 34.4 Å². The van der Waals surface area contributed by atoms with E-state index in [1.54, 1.807) is 22.3 Å². The first-order valence-corrected chi connectivity index (χ1v) is 13.2. The van der Waals surface area contributed by atoms with E-state index in [4.69, 9.17) is 4.74 Å². The number of quaternary nitrogens is 1. The average Bonchev–Trinajstić information content (AvgIpc) is 3.10. The van der Waals surface area contributed by atoms with Crippen molar-refractivity contribution in [1.29, 1.82) is 0 Å². The van der Waals surface area contributed by atoms with Gasteiger partial charge in [-0.2, -0.15) is 0 Å². The lowest BCUT2D eigenvalue weighted by atomic mass is 9.79. The summed E-state index contributed by atoms with van der Waals surface area (Å²) < 4.78 is 7.35. The first-order chi connectivity index (χ1) is 14.6. The number of benzene rings is 1. The monoisotopic (exact) mass is 414 g/mol. The van der Waals surface area contributed by atoms with E-state index in [0.717, 1.165) is 18.4 Å². The van der Waals surface area contributed by atoms with E-state index in [0.29, 0.717) is 6.10 Å². The Labute approximate surface area is 187 Å². The molecule has 170 valence electrons. The van der Waals surface area contributed by atoms with Crippen molar-refractivity contribution >= 4 is 0 Å². The lowest BCUT2D eigenvalue weighted by Crippen LogP contribution is -2.49. The van der Waals surface area contributed by atoms with Gasteiger partial charge in [0.2, 0.25) is 0 Å². The Hall–Kier alpha value is -0.860. The van der Waals surface area contributed by atoms with Crippen molar-refractivity contribution in [2.45, 2.75) is 112 Å². The molecule has 2 heterocycles. The zero-order chi connectivity index (χ0) is 21.6. The molecule has 2 aliphatic rings. The van der Waals surface area contributed by atoms with E-state index in [1.165, 1.54) is 88.4 Å². The maximum absolute atomic E-state index is 6.01. The number of fused-ring (bicyclic) bond motifs is 1. The lowest BCUT2D eigenvalue weighted by molar-refractivity contribution is -0.952. The van der Waals surface area contributed by atoms with Crippen molar-refractivity contribution in [3.8, 4) is 0 Å². The molecule has 30 heavy (non-hydrogen) atoms. The number of piperidine rings is 1. The molecule has 0 aromatic heterocycles. The van der Waals surface area contributed by atoms with Crippen molar-refractivity contribution in [3.63, 3.8) is 0 Å². The van der Waals surface area contributed by atoms with E-state index in [9.17, 15) is 0 Å². The van der Waals surface area contributed by atoms with Crippen molar-refractivity contribution in [2.24, 2.45) is 11.8 Å². The minimum Gasteiger partial charge on any atom is -0.379 e. The molecule has 0 N–H and O–H groups in total. The van der Waals surface area contributed by atoms with Gasteiger partial charge in [-0.15, -0.1) is 0 Å². The SMILES string of the molecule is CCCC(CCC(CC)C1CC[N+]2(CC1)Cc1cc(CC)c(CC)cc1C2)OCC. The Bertz CT molecular complexity index is 618. The first kappa shape index (κ1) is 23.8. The van der Waals surface area contributed by atoms with Crippen LogP contribution in [0.2, 0.25) is 0 Å². The third-order valence-electron chi connectivity index (χ3n) is 8.31. The van der Waals surface area contributed by atoms with Crippen LogP contribution in [-0.2, 0) is 30.7 Å². The van der Waals surface area contributed by atoms with Crippen LogP contribution in [0.15, 0.2) is 12.1 Å². The quantitative estimate of drug-likeness (QED) is 0.352. The molecule has 3 rings (SSSR count). The van der Waals surface area contributed by atoms with Crippen LogP contribution >= 0.6 is 0 Å². The minimum atomic E-state index is 0.490. The molecule has 1 fully saturated rings. The van der Waals surface area contributed by atoms with Gasteiger partial charge in [0.1, 0.15) is 13.1 Å². The summed E-state index contributed by atoms with van der Waals surface area (Å²) in [4.78, 5) is 0.